The second-order valence-electron chi connectivity index (χ2n) is 4.96. The molecule has 0 fully saturated rings. The summed E-state index contributed by atoms with van der Waals surface area (Å²) in [6.07, 6.45) is 1.39. The van der Waals surface area contributed by atoms with E-state index in [2.05, 4.69) is 20.2 Å². The van der Waals surface area contributed by atoms with Crippen molar-refractivity contribution in [3.8, 4) is 17.1 Å². The summed E-state index contributed by atoms with van der Waals surface area (Å²) in [7, 11) is 0. The monoisotopic (exact) mass is 304 g/mol. The summed E-state index contributed by atoms with van der Waals surface area (Å²) in [6.45, 7) is 0. The first-order valence-electron chi connectivity index (χ1n) is 7.02. The number of phenolic OH excluding ortho intramolecular Hbond substituents is 1. The minimum atomic E-state index is 0.147. The van der Waals surface area contributed by atoms with Crippen molar-refractivity contribution in [3.63, 3.8) is 0 Å². The molecule has 0 unspecified atom stereocenters. The number of H-pyrrole nitrogens is 1. The molecule has 0 spiro atoms. The van der Waals surface area contributed by atoms with Gasteiger partial charge in [0, 0.05) is 17.0 Å². The van der Waals surface area contributed by atoms with Crippen LogP contribution < -0.4 is 5.36 Å². The van der Waals surface area contributed by atoms with E-state index in [9.17, 15) is 5.11 Å². The average molecular weight is 304 g/mol. The summed E-state index contributed by atoms with van der Waals surface area (Å²) in [4.78, 5) is 8.47. The van der Waals surface area contributed by atoms with Gasteiger partial charge in [-0.25, -0.2) is 10.1 Å². The molecule has 2 aromatic heterocycles. The van der Waals surface area contributed by atoms with E-state index in [0.717, 1.165) is 5.56 Å². The number of hydrogen-bond donors (Lipinski definition) is 2. The molecule has 0 saturated heterocycles. The lowest BCUT2D eigenvalue weighted by Gasteiger charge is -2.05. The lowest BCUT2D eigenvalue weighted by atomic mass is 10.1. The van der Waals surface area contributed by atoms with E-state index in [-0.39, 0.29) is 5.75 Å². The molecule has 0 bridgehead atoms. The highest BCUT2D eigenvalue weighted by molar-refractivity contribution is 5.80. The molecule has 2 aromatic carbocycles. The third-order valence-corrected chi connectivity index (χ3v) is 3.41. The molecule has 0 aliphatic carbocycles. The fourth-order valence-corrected chi connectivity index (χ4v) is 2.36. The van der Waals surface area contributed by atoms with Gasteiger partial charge in [0.25, 0.3) is 0 Å². The number of hydrogen-bond acceptors (Lipinski definition) is 5. The lowest BCUT2D eigenvalue weighted by Crippen LogP contribution is -2.03. The van der Waals surface area contributed by atoms with E-state index in [1.54, 1.807) is 18.2 Å². The molecular formula is C17H12N4O2. The van der Waals surface area contributed by atoms with Crippen molar-refractivity contribution < 1.29 is 9.52 Å². The summed E-state index contributed by atoms with van der Waals surface area (Å²) in [5.41, 5.74) is 1.57. The van der Waals surface area contributed by atoms with E-state index in [1.165, 1.54) is 6.33 Å². The Bertz CT molecular complexity index is 1020. The van der Waals surface area contributed by atoms with Gasteiger partial charge in [0.1, 0.15) is 23.4 Å². The highest BCUT2D eigenvalue weighted by atomic mass is 16.3. The van der Waals surface area contributed by atoms with Crippen LogP contribution in [-0.4, -0.2) is 20.3 Å². The van der Waals surface area contributed by atoms with Gasteiger partial charge in [0.2, 0.25) is 5.95 Å². The number of aromatic hydroxyl groups is 1. The molecular weight excluding hydrogens is 292 g/mol. The topological polar surface area (TPSA) is 87.3 Å². The molecule has 0 aliphatic heterocycles. The van der Waals surface area contributed by atoms with E-state index in [1.807, 2.05) is 36.4 Å². The average Bonchev–Trinajstić information content (AvgIpc) is 3.09. The molecule has 6 nitrogen and oxygen atoms in total. The number of aromatic nitrogens is 3. The number of nitrogens with zero attached hydrogens (tertiary/aromatic N) is 3. The smallest absolute Gasteiger partial charge is 0.245 e. The second kappa shape index (κ2) is 5.42. The highest BCUT2D eigenvalue weighted by Crippen LogP contribution is 2.24. The number of benzene rings is 2. The summed E-state index contributed by atoms with van der Waals surface area (Å²) in [5, 5.41) is 17.6. The Morgan fingerprint density at radius 1 is 1.04 bits per heavy atom. The molecule has 4 rings (SSSR count). The van der Waals surface area contributed by atoms with Crippen molar-refractivity contribution >= 4 is 16.9 Å². The molecule has 23 heavy (non-hydrogen) atoms. The maximum Gasteiger partial charge on any atom is 0.245 e. The van der Waals surface area contributed by atoms with E-state index in [4.69, 9.17) is 4.42 Å². The van der Waals surface area contributed by atoms with Gasteiger partial charge in [-0.15, -0.1) is 0 Å². The number of nitrogens with one attached hydrogen (secondary N) is 1. The second-order valence-corrected chi connectivity index (χ2v) is 4.96. The zero-order valence-electron chi connectivity index (χ0n) is 12.0. The molecule has 0 amide bonds. The molecule has 0 radical (unpaired) electrons. The number of fused-ring (bicyclic) bond motifs is 1. The van der Waals surface area contributed by atoms with Crippen LogP contribution in [0.25, 0.3) is 22.3 Å². The molecule has 4 aromatic rings. The van der Waals surface area contributed by atoms with Gasteiger partial charge in [0.15, 0.2) is 0 Å². The largest absolute Gasteiger partial charge is 0.508 e. The summed E-state index contributed by atoms with van der Waals surface area (Å²) in [5.74, 6) is 1.22. The van der Waals surface area contributed by atoms with Gasteiger partial charge in [-0.1, -0.05) is 30.3 Å². The minimum absolute atomic E-state index is 0.147. The molecule has 2 N–H and O–H groups in total. The summed E-state index contributed by atoms with van der Waals surface area (Å²) < 4.78 is 5.95. The molecule has 112 valence electrons. The quantitative estimate of drug-likeness (QED) is 0.595. The van der Waals surface area contributed by atoms with Crippen LogP contribution in [0.1, 0.15) is 0 Å². The maximum absolute atomic E-state index is 9.75. The number of aromatic amines is 1. The predicted octanol–water partition coefficient (Wildman–Crippen LogP) is 3.16. The van der Waals surface area contributed by atoms with Crippen molar-refractivity contribution in [2.24, 2.45) is 4.99 Å². The fourth-order valence-electron chi connectivity index (χ4n) is 2.36. The molecule has 0 aliphatic rings. The van der Waals surface area contributed by atoms with Crippen LogP contribution in [-0.2, 0) is 0 Å². The van der Waals surface area contributed by atoms with Crippen LogP contribution >= 0.6 is 0 Å². The first kappa shape index (κ1) is 13.3. The van der Waals surface area contributed by atoms with Crippen molar-refractivity contribution in [1.82, 2.24) is 15.2 Å². The van der Waals surface area contributed by atoms with Gasteiger partial charge in [-0.05, 0) is 18.2 Å². The SMILES string of the molecule is Oc1ccc2oc(-c3ccccc3)cc(=Nc3ncn[nH]3)c2c1. The number of phenols is 1. The number of rotatable bonds is 2. The normalized spacial score (nSPS) is 11.9. The van der Waals surface area contributed by atoms with Crippen molar-refractivity contribution in [2.75, 3.05) is 0 Å². The van der Waals surface area contributed by atoms with Crippen molar-refractivity contribution in [3.05, 3.63) is 66.3 Å². The molecule has 2 heterocycles. The Kier molecular flexibility index (Phi) is 3.12. The Morgan fingerprint density at radius 2 is 1.91 bits per heavy atom. The van der Waals surface area contributed by atoms with E-state index in [0.29, 0.717) is 28.0 Å². The van der Waals surface area contributed by atoms with Crippen molar-refractivity contribution in [1.29, 1.82) is 0 Å². The van der Waals surface area contributed by atoms with Gasteiger partial charge >= 0.3 is 0 Å². The van der Waals surface area contributed by atoms with Crippen LogP contribution in [0.15, 0.2) is 70.3 Å². The first-order chi connectivity index (χ1) is 11.3. The first-order valence-corrected chi connectivity index (χ1v) is 7.02. The standard InChI is InChI=1S/C17H12N4O2/c22-12-6-7-15-13(8-12)14(20-17-18-10-19-21-17)9-16(23-15)11-4-2-1-3-5-11/h1-10,22H,(H,18,19,21). The Morgan fingerprint density at radius 3 is 2.70 bits per heavy atom. The fraction of sp³-hybridized carbons (Fsp3) is 0. The van der Waals surface area contributed by atoms with Gasteiger partial charge in [0.05, 0.1) is 5.36 Å². The van der Waals surface area contributed by atoms with Crippen LogP contribution in [0, 0.1) is 0 Å². The Hall–Kier alpha value is -3.41. The van der Waals surface area contributed by atoms with Crippen molar-refractivity contribution in [2.45, 2.75) is 0 Å². The van der Waals surface area contributed by atoms with Gasteiger partial charge in [-0.2, -0.15) is 10.1 Å². The van der Waals surface area contributed by atoms with Crippen LogP contribution in [0.4, 0.5) is 5.95 Å². The van der Waals surface area contributed by atoms with Crippen LogP contribution in [0.2, 0.25) is 0 Å². The predicted molar refractivity (Wildman–Crippen MR) is 84.9 cm³/mol. The minimum Gasteiger partial charge on any atom is -0.508 e. The molecule has 0 atom stereocenters. The van der Waals surface area contributed by atoms with E-state index < -0.39 is 0 Å². The van der Waals surface area contributed by atoms with Gasteiger partial charge < -0.3 is 9.52 Å². The third kappa shape index (κ3) is 2.57. The third-order valence-electron chi connectivity index (χ3n) is 3.41. The summed E-state index contributed by atoms with van der Waals surface area (Å²) in [6, 6.07) is 16.5. The lowest BCUT2D eigenvalue weighted by molar-refractivity contribution is 0.475. The highest BCUT2D eigenvalue weighted by Gasteiger charge is 2.07. The molecule has 0 saturated carbocycles. The summed E-state index contributed by atoms with van der Waals surface area (Å²) >= 11 is 0. The maximum atomic E-state index is 9.75. The zero-order chi connectivity index (χ0) is 15.6. The van der Waals surface area contributed by atoms with Crippen LogP contribution in [0.5, 0.6) is 5.75 Å². The zero-order valence-corrected chi connectivity index (χ0v) is 12.0. The van der Waals surface area contributed by atoms with Gasteiger partial charge in [-0.3, -0.25) is 0 Å². The van der Waals surface area contributed by atoms with Crippen LogP contribution in [0.3, 0.4) is 0 Å². The Labute approximate surface area is 130 Å². The van der Waals surface area contributed by atoms with E-state index >= 15 is 0 Å². The molecule has 6 heteroatoms. The Balaban J connectivity index is 2.03.